The summed E-state index contributed by atoms with van der Waals surface area (Å²) in [6.07, 6.45) is 0. The molecule has 0 bridgehead atoms. The quantitative estimate of drug-likeness (QED) is 0.710. The normalized spacial score (nSPS) is 11.3. The number of carbonyl (C=O) groups excluding carboxylic acids is 2. The molecule has 2 rings (SSSR count). The smallest absolute Gasteiger partial charge is 0.340 e. The summed E-state index contributed by atoms with van der Waals surface area (Å²) in [6, 6.07) is 10.1. The number of amides is 1. The number of carbonyl (C=O) groups is 2. The summed E-state index contributed by atoms with van der Waals surface area (Å²) in [7, 11) is -0.710. The lowest BCUT2D eigenvalue weighted by atomic mass is 10.2. The molecular weight excluding hydrogens is 415 g/mol. The fraction of sp³-hybridized carbons (Fsp3) is 0.176. The second-order valence-corrected chi connectivity index (χ2v) is 8.47. The summed E-state index contributed by atoms with van der Waals surface area (Å²) in [4.78, 5) is 24.0. The zero-order chi connectivity index (χ0) is 20.2. The molecular formula is C17H16Cl2N2O5S. The van der Waals surface area contributed by atoms with Gasteiger partial charge in [0.1, 0.15) is 0 Å². The third-order valence-electron chi connectivity index (χ3n) is 3.42. The van der Waals surface area contributed by atoms with Gasteiger partial charge in [-0.2, -0.15) is 0 Å². The minimum Gasteiger partial charge on any atom is -0.452 e. The first kappa shape index (κ1) is 21.2. The molecule has 1 N–H and O–H groups in total. The highest BCUT2D eigenvalue weighted by Crippen LogP contribution is 2.26. The molecule has 0 aliphatic carbocycles. The van der Waals surface area contributed by atoms with Gasteiger partial charge in [-0.05, 0) is 36.4 Å². The van der Waals surface area contributed by atoms with Crippen LogP contribution in [-0.2, 0) is 19.6 Å². The van der Waals surface area contributed by atoms with E-state index in [1.54, 1.807) is 0 Å². The molecule has 0 aliphatic heterocycles. The molecule has 2 aromatic rings. The lowest BCUT2D eigenvalue weighted by molar-refractivity contribution is -0.119. The van der Waals surface area contributed by atoms with Crippen molar-refractivity contribution in [1.82, 2.24) is 4.31 Å². The van der Waals surface area contributed by atoms with Gasteiger partial charge in [0.25, 0.3) is 5.91 Å². The van der Waals surface area contributed by atoms with E-state index >= 15 is 0 Å². The number of hydrogen-bond donors (Lipinski definition) is 1. The summed E-state index contributed by atoms with van der Waals surface area (Å²) < 4.78 is 30.0. The Balaban J connectivity index is 1.96. The van der Waals surface area contributed by atoms with E-state index in [9.17, 15) is 18.0 Å². The zero-order valence-corrected chi connectivity index (χ0v) is 16.7. The van der Waals surface area contributed by atoms with E-state index in [1.807, 2.05) is 0 Å². The lowest BCUT2D eigenvalue weighted by Gasteiger charge is -2.12. The second kappa shape index (κ2) is 8.71. The van der Waals surface area contributed by atoms with E-state index in [0.717, 1.165) is 4.31 Å². The Kier molecular flexibility index (Phi) is 6.83. The number of esters is 1. The van der Waals surface area contributed by atoms with Crippen LogP contribution >= 0.6 is 23.2 Å². The SMILES string of the molecule is CN(C)S(=O)(=O)c1ccc(NC(=O)COC(=O)c2cccc(Cl)c2Cl)cc1. The van der Waals surface area contributed by atoms with Crippen LogP contribution in [0.3, 0.4) is 0 Å². The van der Waals surface area contributed by atoms with Crippen molar-refractivity contribution < 1.29 is 22.7 Å². The largest absolute Gasteiger partial charge is 0.452 e. The zero-order valence-electron chi connectivity index (χ0n) is 14.4. The molecule has 1 amide bonds. The second-order valence-electron chi connectivity index (χ2n) is 5.54. The number of benzene rings is 2. The number of halogens is 2. The number of ether oxygens (including phenoxy) is 1. The molecule has 0 heterocycles. The predicted molar refractivity (Wildman–Crippen MR) is 103 cm³/mol. The number of rotatable bonds is 6. The summed E-state index contributed by atoms with van der Waals surface area (Å²) in [5, 5.41) is 2.74. The van der Waals surface area contributed by atoms with E-state index in [2.05, 4.69) is 5.32 Å². The molecule has 0 aliphatic rings. The lowest BCUT2D eigenvalue weighted by Crippen LogP contribution is -2.22. The van der Waals surface area contributed by atoms with E-state index < -0.39 is 28.5 Å². The van der Waals surface area contributed by atoms with E-state index in [0.29, 0.717) is 5.69 Å². The van der Waals surface area contributed by atoms with Crippen molar-refractivity contribution >= 4 is 50.8 Å². The van der Waals surface area contributed by atoms with Gasteiger partial charge >= 0.3 is 5.97 Å². The van der Waals surface area contributed by atoms with Crippen molar-refractivity contribution in [3.63, 3.8) is 0 Å². The van der Waals surface area contributed by atoms with Crippen LogP contribution < -0.4 is 5.32 Å². The predicted octanol–water partition coefficient (Wildman–Crippen LogP) is 3.04. The molecule has 0 radical (unpaired) electrons. The molecule has 0 unspecified atom stereocenters. The highest BCUT2D eigenvalue weighted by atomic mass is 35.5. The fourth-order valence-corrected chi connectivity index (χ4v) is 3.27. The first-order valence-corrected chi connectivity index (χ1v) is 9.76. The van der Waals surface area contributed by atoms with Crippen molar-refractivity contribution in [2.24, 2.45) is 0 Å². The number of sulfonamides is 1. The van der Waals surface area contributed by atoms with Gasteiger partial charge in [0.2, 0.25) is 10.0 Å². The molecule has 0 atom stereocenters. The van der Waals surface area contributed by atoms with E-state index in [-0.39, 0.29) is 20.5 Å². The summed E-state index contributed by atoms with van der Waals surface area (Å²) >= 11 is 11.7. The number of anilines is 1. The third kappa shape index (κ3) is 5.20. The molecule has 0 aromatic heterocycles. The Morgan fingerprint density at radius 1 is 1.07 bits per heavy atom. The van der Waals surface area contributed by atoms with Crippen molar-refractivity contribution in [2.75, 3.05) is 26.0 Å². The van der Waals surface area contributed by atoms with Gasteiger partial charge in [0, 0.05) is 19.8 Å². The van der Waals surface area contributed by atoms with Crippen molar-refractivity contribution in [3.05, 3.63) is 58.1 Å². The monoisotopic (exact) mass is 430 g/mol. The average Bonchev–Trinajstić information content (AvgIpc) is 2.62. The maximum absolute atomic E-state index is 12.0. The van der Waals surface area contributed by atoms with Crippen LogP contribution in [0.2, 0.25) is 10.0 Å². The molecule has 0 saturated heterocycles. The number of hydrogen-bond acceptors (Lipinski definition) is 5. The van der Waals surface area contributed by atoms with Gasteiger partial charge in [-0.15, -0.1) is 0 Å². The van der Waals surface area contributed by atoms with Crippen LogP contribution in [0.4, 0.5) is 5.69 Å². The van der Waals surface area contributed by atoms with Gasteiger partial charge in [-0.3, -0.25) is 4.79 Å². The minimum atomic E-state index is -3.55. The van der Waals surface area contributed by atoms with Crippen LogP contribution in [0.25, 0.3) is 0 Å². The summed E-state index contributed by atoms with van der Waals surface area (Å²) in [5.74, 6) is -1.38. The first-order valence-electron chi connectivity index (χ1n) is 7.56. The highest BCUT2D eigenvalue weighted by Gasteiger charge is 2.18. The standard InChI is InChI=1S/C17H16Cl2N2O5S/c1-21(2)27(24,25)12-8-6-11(7-9-12)20-15(22)10-26-17(23)13-4-3-5-14(18)16(13)19/h3-9H,10H2,1-2H3,(H,20,22). The molecule has 144 valence electrons. The Labute approximate surface area is 166 Å². The fourth-order valence-electron chi connectivity index (χ4n) is 1.99. The molecule has 0 fully saturated rings. The van der Waals surface area contributed by atoms with Crippen molar-refractivity contribution in [1.29, 1.82) is 0 Å². The molecule has 27 heavy (non-hydrogen) atoms. The number of nitrogens with zero attached hydrogens (tertiary/aromatic N) is 1. The van der Waals surface area contributed by atoms with Gasteiger partial charge in [0.15, 0.2) is 6.61 Å². The maximum atomic E-state index is 12.0. The Bertz CT molecular complexity index is 960. The topological polar surface area (TPSA) is 92.8 Å². The molecule has 7 nitrogen and oxygen atoms in total. The third-order valence-corrected chi connectivity index (χ3v) is 6.07. The highest BCUT2D eigenvalue weighted by molar-refractivity contribution is 7.89. The van der Waals surface area contributed by atoms with Crippen LogP contribution in [-0.4, -0.2) is 45.3 Å². The average molecular weight is 431 g/mol. The van der Waals surface area contributed by atoms with Gasteiger partial charge < -0.3 is 10.1 Å². The van der Waals surface area contributed by atoms with Crippen LogP contribution in [0, 0.1) is 0 Å². The van der Waals surface area contributed by atoms with Gasteiger partial charge in [-0.25, -0.2) is 17.5 Å². The Morgan fingerprint density at radius 2 is 1.70 bits per heavy atom. The first-order chi connectivity index (χ1) is 12.6. The maximum Gasteiger partial charge on any atom is 0.340 e. The van der Waals surface area contributed by atoms with Crippen molar-refractivity contribution in [2.45, 2.75) is 4.90 Å². The van der Waals surface area contributed by atoms with E-state index in [1.165, 1.54) is 56.6 Å². The van der Waals surface area contributed by atoms with Gasteiger partial charge in [-0.1, -0.05) is 29.3 Å². The number of nitrogens with one attached hydrogen (secondary N) is 1. The van der Waals surface area contributed by atoms with Crippen LogP contribution in [0.5, 0.6) is 0 Å². The van der Waals surface area contributed by atoms with E-state index in [4.69, 9.17) is 27.9 Å². The molecule has 0 saturated carbocycles. The van der Waals surface area contributed by atoms with Crippen molar-refractivity contribution in [3.8, 4) is 0 Å². The molecule has 0 spiro atoms. The molecule has 10 heteroatoms. The Morgan fingerprint density at radius 3 is 2.30 bits per heavy atom. The van der Waals surface area contributed by atoms with Crippen LogP contribution in [0.15, 0.2) is 47.4 Å². The minimum absolute atomic E-state index is 0.0438. The van der Waals surface area contributed by atoms with Crippen LogP contribution in [0.1, 0.15) is 10.4 Å². The Hall–Kier alpha value is -2.13. The molecule has 2 aromatic carbocycles. The summed E-state index contributed by atoms with van der Waals surface area (Å²) in [5.41, 5.74) is 0.407. The summed E-state index contributed by atoms with van der Waals surface area (Å²) in [6.45, 7) is -0.542. The van der Waals surface area contributed by atoms with Gasteiger partial charge in [0.05, 0.1) is 20.5 Å².